The smallest absolute Gasteiger partial charge is 0.357 e. The maximum absolute atomic E-state index is 12.1. The third-order valence-electron chi connectivity index (χ3n) is 2.98. The topological polar surface area (TPSA) is 68.3 Å². The molecule has 6 heteroatoms. The van der Waals surface area contributed by atoms with Crippen molar-refractivity contribution < 1.29 is 14.3 Å². The van der Waals surface area contributed by atoms with Crippen LogP contribution in [0.15, 0.2) is 23.6 Å². The Bertz CT molecular complexity index is 679. The fraction of sp³-hybridized carbons (Fsp3) is 0.267. The summed E-state index contributed by atoms with van der Waals surface area (Å²) < 4.78 is 4.85. The van der Waals surface area contributed by atoms with Crippen molar-refractivity contribution in [1.82, 2.24) is 4.98 Å². The van der Waals surface area contributed by atoms with E-state index in [0.29, 0.717) is 17.3 Å². The summed E-state index contributed by atoms with van der Waals surface area (Å²) in [6, 6.07) is 5.48. The SMILES string of the molecule is CCOC(=O)c1csc(NC(=O)c2ccc(C)c(C)c2)n1. The Hall–Kier alpha value is -2.21. The third kappa shape index (κ3) is 3.66. The van der Waals surface area contributed by atoms with Crippen LogP contribution in [0.4, 0.5) is 5.13 Å². The predicted octanol–water partition coefficient (Wildman–Crippen LogP) is 3.19. The van der Waals surface area contributed by atoms with Crippen LogP contribution >= 0.6 is 11.3 Å². The molecular formula is C15H16N2O3S. The molecule has 2 aromatic rings. The highest BCUT2D eigenvalue weighted by Crippen LogP contribution is 2.18. The molecule has 1 aromatic carbocycles. The maximum atomic E-state index is 12.1. The second-order valence-corrected chi connectivity index (χ2v) is 5.37. The first-order chi connectivity index (χ1) is 10.0. The zero-order valence-electron chi connectivity index (χ0n) is 12.1. The lowest BCUT2D eigenvalue weighted by atomic mass is 10.1. The molecule has 0 spiro atoms. The van der Waals surface area contributed by atoms with Crippen LogP contribution in [0.3, 0.4) is 0 Å². The van der Waals surface area contributed by atoms with Crippen LogP contribution in [-0.4, -0.2) is 23.5 Å². The normalized spacial score (nSPS) is 10.2. The zero-order valence-corrected chi connectivity index (χ0v) is 12.9. The molecule has 0 bridgehead atoms. The first-order valence-electron chi connectivity index (χ1n) is 6.52. The Balaban J connectivity index is 2.09. The zero-order chi connectivity index (χ0) is 15.4. The van der Waals surface area contributed by atoms with Gasteiger partial charge in [0.05, 0.1) is 6.61 Å². The molecular weight excluding hydrogens is 288 g/mol. The van der Waals surface area contributed by atoms with Crippen LogP contribution in [-0.2, 0) is 4.74 Å². The molecule has 0 atom stereocenters. The minimum atomic E-state index is -0.486. The van der Waals surface area contributed by atoms with Gasteiger partial charge in [-0.3, -0.25) is 10.1 Å². The largest absolute Gasteiger partial charge is 0.461 e. The lowest BCUT2D eigenvalue weighted by Crippen LogP contribution is -2.12. The van der Waals surface area contributed by atoms with E-state index in [1.54, 1.807) is 18.4 Å². The summed E-state index contributed by atoms with van der Waals surface area (Å²) in [5.74, 6) is -0.733. The Labute approximate surface area is 127 Å². The summed E-state index contributed by atoms with van der Waals surface area (Å²) >= 11 is 1.19. The number of rotatable bonds is 4. The first kappa shape index (κ1) is 15.2. The number of thiazole rings is 1. The van der Waals surface area contributed by atoms with Crippen LogP contribution in [0.25, 0.3) is 0 Å². The molecule has 0 saturated heterocycles. The van der Waals surface area contributed by atoms with E-state index >= 15 is 0 Å². The van der Waals surface area contributed by atoms with Crippen LogP contribution in [0, 0.1) is 13.8 Å². The molecule has 21 heavy (non-hydrogen) atoms. The summed E-state index contributed by atoms with van der Waals surface area (Å²) in [4.78, 5) is 27.7. The van der Waals surface area contributed by atoms with Gasteiger partial charge >= 0.3 is 5.97 Å². The van der Waals surface area contributed by atoms with E-state index in [-0.39, 0.29) is 11.6 Å². The highest BCUT2D eigenvalue weighted by Gasteiger charge is 2.14. The number of anilines is 1. The monoisotopic (exact) mass is 304 g/mol. The number of aromatic nitrogens is 1. The molecule has 0 aliphatic heterocycles. The van der Waals surface area contributed by atoms with Gasteiger partial charge in [-0.1, -0.05) is 6.07 Å². The van der Waals surface area contributed by atoms with Crippen molar-refractivity contribution in [2.75, 3.05) is 11.9 Å². The number of esters is 1. The van der Waals surface area contributed by atoms with Crippen LogP contribution in [0.5, 0.6) is 0 Å². The number of carbonyl (C=O) groups excluding carboxylic acids is 2. The van der Waals surface area contributed by atoms with Gasteiger partial charge in [0.2, 0.25) is 0 Å². The third-order valence-corrected chi connectivity index (χ3v) is 3.74. The van der Waals surface area contributed by atoms with E-state index in [1.807, 2.05) is 26.0 Å². The second-order valence-electron chi connectivity index (χ2n) is 4.51. The van der Waals surface area contributed by atoms with Gasteiger partial charge in [-0.25, -0.2) is 9.78 Å². The molecule has 1 N–H and O–H groups in total. The molecule has 2 rings (SSSR count). The minimum absolute atomic E-state index is 0.206. The van der Waals surface area contributed by atoms with Crippen LogP contribution in [0.2, 0.25) is 0 Å². The predicted molar refractivity (Wildman–Crippen MR) is 81.9 cm³/mol. The van der Waals surface area contributed by atoms with Crippen molar-refractivity contribution in [1.29, 1.82) is 0 Å². The van der Waals surface area contributed by atoms with E-state index in [0.717, 1.165) is 11.1 Å². The number of hydrogen-bond donors (Lipinski definition) is 1. The lowest BCUT2D eigenvalue weighted by Gasteiger charge is -2.04. The highest BCUT2D eigenvalue weighted by molar-refractivity contribution is 7.14. The molecule has 0 unspecified atom stereocenters. The summed E-state index contributed by atoms with van der Waals surface area (Å²) in [5, 5.41) is 4.62. The van der Waals surface area contributed by atoms with Gasteiger partial charge in [-0.2, -0.15) is 0 Å². The van der Waals surface area contributed by atoms with E-state index in [2.05, 4.69) is 10.3 Å². The van der Waals surface area contributed by atoms with Crippen molar-refractivity contribution in [2.24, 2.45) is 0 Å². The van der Waals surface area contributed by atoms with Crippen molar-refractivity contribution in [3.05, 3.63) is 46.0 Å². The molecule has 0 radical (unpaired) electrons. The van der Waals surface area contributed by atoms with Gasteiger partial charge in [0.1, 0.15) is 0 Å². The molecule has 1 aromatic heterocycles. The van der Waals surface area contributed by atoms with E-state index in [1.165, 1.54) is 11.3 Å². The molecule has 0 fully saturated rings. The van der Waals surface area contributed by atoms with E-state index in [9.17, 15) is 9.59 Å². The van der Waals surface area contributed by atoms with Gasteiger partial charge in [-0.05, 0) is 44.0 Å². The Morgan fingerprint density at radius 2 is 2.05 bits per heavy atom. The van der Waals surface area contributed by atoms with Crippen molar-refractivity contribution in [3.63, 3.8) is 0 Å². The number of aryl methyl sites for hydroxylation is 2. The van der Waals surface area contributed by atoms with Gasteiger partial charge in [0.15, 0.2) is 10.8 Å². The highest BCUT2D eigenvalue weighted by atomic mass is 32.1. The van der Waals surface area contributed by atoms with Crippen molar-refractivity contribution in [3.8, 4) is 0 Å². The van der Waals surface area contributed by atoms with Crippen molar-refractivity contribution in [2.45, 2.75) is 20.8 Å². The Morgan fingerprint density at radius 3 is 2.71 bits per heavy atom. The number of carbonyl (C=O) groups is 2. The number of ether oxygens (including phenoxy) is 1. The molecule has 5 nitrogen and oxygen atoms in total. The molecule has 1 heterocycles. The lowest BCUT2D eigenvalue weighted by molar-refractivity contribution is 0.0520. The quantitative estimate of drug-likeness (QED) is 0.881. The molecule has 0 saturated carbocycles. The van der Waals surface area contributed by atoms with Crippen LogP contribution in [0.1, 0.15) is 38.9 Å². The van der Waals surface area contributed by atoms with Crippen molar-refractivity contribution >= 4 is 28.3 Å². The van der Waals surface area contributed by atoms with E-state index in [4.69, 9.17) is 4.74 Å². The van der Waals surface area contributed by atoms with Crippen LogP contribution < -0.4 is 5.32 Å². The fourth-order valence-corrected chi connectivity index (χ4v) is 2.36. The summed E-state index contributed by atoms with van der Waals surface area (Å²) in [7, 11) is 0. The minimum Gasteiger partial charge on any atom is -0.461 e. The standard InChI is InChI=1S/C15H16N2O3S/c1-4-20-14(19)12-8-21-15(16-12)17-13(18)11-6-5-9(2)10(3)7-11/h5-8H,4H2,1-3H3,(H,16,17,18). The first-order valence-corrected chi connectivity index (χ1v) is 7.40. The van der Waals surface area contributed by atoms with Gasteiger partial charge in [0, 0.05) is 10.9 Å². The maximum Gasteiger partial charge on any atom is 0.357 e. The number of nitrogens with zero attached hydrogens (tertiary/aromatic N) is 1. The summed E-state index contributed by atoms with van der Waals surface area (Å²) in [6.07, 6.45) is 0. The van der Waals surface area contributed by atoms with Gasteiger partial charge in [-0.15, -0.1) is 11.3 Å². The summed E-state index contributed by atoms with van der Waals surface area (Å²) in [6.45, 7) is 5.96. The van der Waals surface area contributed by atoms with Gasteiger partial charge < -0.3 is 4.74 Å². The number of benzene rings is 1. The number of hydrogen-bond acceptors (Lipinski definition) is 5. The molecule has 1 amide bonds. The molecule has 0 aliphatic rings. The van der Waals surface area contributed by atoms with Gasteiger partial charge in [0.25, 0.3) is 5.91 Å². The number of nitrogens with one attached hydrogen (secondary N) is 1. The Morgan fingerprint density at radius 1 is 1.29 bits per heavy atom. The fourth-order valence-electron chi connectivity index (χ4n) is 1.68. The molecule has 0 aliphatic carbocycles. The second kappa shape index (κ2) is 6.49. The average Bonchev–Trinajstić information content (AvgIpc) is 2.90. The Kier molecular flexibility index (Phi) is 4.70. The average molecular weight is 304 g/mol. The summed E-state index contributed by atoms with van der Waals surface area (Å²) in [5.41, 5.74) is 2.95. The number of amides is 1. The van der Waals surface area contributed by atoms with E-state index < -0.39 is 5.97 Å². The molecule has 110 valence electrons.